The van der Waals surface area contributed by atoms with Crippen molar-refractivity contribution in [2.24, 2.45) is 5.92 Å². The van der Waals surface area contributed by atoms with Crippen molar-refractivity contribution in [3.63, 3.8) is 0 Å². The van der Waals surface area contributed by atoms with E-state index in [-0.39, 0.29) is 32.0 Å². The number of carboxylic acids is 1. The Morgan fingerprint density at radius 2 is 1.74 bits per heavy atom. The van der Waals surface area contributed by atoms with Gasteiger partial charge in [-0.1, -0.05) is 12.1 Å². The van der Waals surface area contributed by atoms with Crippen molar-refractivity contribution in [2.75, 3.05) is 33.0 Å². The van der Waals surface area contributed by atoms with Crippen LogP contribution in [0, 0.1) is 5.92 Å². The van der Waals surface area contributed by atoms with Gasteiger partial charge in [0.25, 0.3) is 0 Å². The quantitative estimate of drug-likeness (QED) is 0.338. The van der Waals surface area contributed by atoms with Gasteiger partial charge >= 0.3 is 11.6 Å². The highest BCUT2D eigenvalue weighted by Crippen LogP contribution is 2.22. The first-order valence-corrected chi connectivity index (χ1v) is 8.53. The molecule has 0 aliphatic carbocycles. The van der Waals surface area contributed by atoms with Crippen molar-refractivity contribution in [2.45, 2.75) is 13.3 Å². The first kappa shape index (κ1) is 20.6. The molecular weight excluding hydrogens is 356 g/mol. The molecule has 0 fully saturated rings. The summed E-state index contributed by atoms with van der Waals surface area (Å²) in [6.45, 7) is 2.55. The number of aliphatic carboxylic acids is 1. The molecule has 0 aliphatic rings. The number of hydrogen-bond acceptors (Lipinski definition) is 7. The molecule has 1 aromatic carbocycles. The molecule has 27 heavy (non-hydrogen) atoms. The van der Waals surface area contributed by atoms with Gasteiger partial charge in [-0.15, -0.1) is 0 Å². The van der Waals surface area contributed by atoms with Crippen LogP contribution in [-0.2, 0) is 19.1 Å². The second-order valence-electron chi connectivity index (χ2n) is 5.79. The fraction of sp³-hybridized carbons (Fsp3) is 0.421. The first-order chi connectivity index (χ1) is 13.0. The average molecular weight is 378 g/mol. The van der Waals surface area contributed by atoms with Crippen LogP contribution in [0.4, 0.5) is 0 Å². The van der Waals surface area contributed by atoms with E-state index in [0.29, 0.717) is 29.9 Å². The van der Waals surface area contributed by atoms with Gasteiger partial charge in [-0.05, 0) is 25.5 Å². The molecule has 1 unspecified atom stereocenters. The number of ether oxygens (including phenoxy) is 3. The van der Waals surface area contributed by atoms with E-state index in [0.717, 1.165) is 0 Å². The molecule has 0 aliphatic heterocycles. The van der Waals surface area contributed by atoms with E-state index in [1.54, 1.807) is 18.2 Å². The first-order valence-electron chi connectivity index (χ1n) is 8.53. The number of para-hydroxylation sites is 1. The third kappa shape index (κ3) is 6.50. The number of carboxylic acid groups (broad SMARTS) is 1. The van der Waals surface area contributed by atoms with E-state index in [9.17, 15) is 14.4 Å². The summed E-state index contributed by atoms with van der Waals surface area (Å²) >= 11 is 0. The number of benzene rings is 1. The van der Waals surface area contributed by atoms with Crippen molar-refractivity contribution in [3.05, 3.63) is 40.8 Å². The summed E-state index contributed by atoms with van der Waals surface area (Å²) < 4.78 is 21.3. The van der Waals surface area contributed by atoms with Gasteiger partial charge in [-0.25, -0.2) is 4.79 Å². The predicted octanol–water partition coefficient (Wildman–Crippen LogP) is 1.88. The monoisotopic (exact) mass is 378 g/mol. The largest absolute Gasteiger partial charge is 0.490 e. The van der Waals surface area contributed by atoms with Crippen LogP contribution >= 0.6 is 0 Å². The molecule has 1 heterocycles. The Morgan fingerprint density at radius 3 is 2.44 bits per heavy atom. The molecule has 1 atom stereocenters. The number of carbonyl (C=O) groups is 2. The zero-order valence-electron chi connectivity index (χ0n) is 15.0. The van der Waals surface area contributed by atoms with E-state index in [4.69, 9.17) is 23.7 Å². The minimum Gasteiger partial charge on any atom is -0.490 e. The highest BCUT2D eigenvalue weighted by atomic mass is 16.5. The Bertz CT molecular complexity index is 812. The molecule has 0 bridgehead atoms. The SMILES string of the molecule is CC(=O)C(CCOCCOCCOc1cc(=O)oc2ccccc12)C(=O)O. The standard InChI is InChI=1S/C19H22O8/c1-13(20)14(19(22)23)6-7-24-8-9-25-10-11-26-17-12-18(21)27-16-5-3-2-4-15(16)17/h2-5,12,14H,6-11H2,1H3,(H,22,23). The molecule has 1 N–H and O–H groups in total. The number of carbonyl (C=O) groups excluding carboxylic acids is 1. The lowest BCUT2D eigenvalue weighted by Gasteiger charge is -2.10. The Labute approximate surface area is 155 Å². The summed E-state index contributed by atoms with van der Waals surface area (Å²) in [5.41, 5.74) is -0.0252. The smallest absolute Gasteiger partial charge is 0.339 e. The zero-order chi connectivity index (χ0) is 19.6. The van der Waals surface area contributed by atoms with Crippen LogP contribution in [0.25, 0.3) is 11.0 Å². The van der Waals surface area contributed by atoms with Crippen LogP contribution in [0.1, 0.15) is 13.3 Å². The van der Waals surface area contributed by atoms with E-state index in [1.165, 1.54) is 13.0 Å². The van der Waals surface area contributed by atoms with Gasteiger partial charge in [0, 0.05) is 6.61 Å². The molecule has 1 aromatic heterocycles. The number of rotatable bonds is 12. The van der Waals surface area contributed by atoms with E-state index >= 15 is 0 Å². The van der Waals surface area contributed by atoms with Crippen LogP contribution in [0.2, 0.25) is 0 Å². The molecule has 146 valence electrons. The van der Waals surface area contributed by atoms with Crippen LogP contribution in [0.3, 0.4) is 0 Å². The second kappa shape index (κ2) is 10.4. The molecular formula is C19H22O8. The second-order valence-corrected chi connectivity index (χ2v) is 5.79. The molecule has 8 nitrogen and oxygen atoms in total. The fourth-order valence-corrected chi connectivity index (χ4v) is 2.44. The van der Waals surface area contributed by atoms with Gasteiger partial charge in [-0.3, -0.25) is 9.59 Å². The van der Waals surface area contributed by atoms with Crippen LogP contribution < -0.4 is 10.4 Å². The lowest BCUT2D eigenvalue weighted by atomic mass is 10.0. The van der Waals surface area contributed by atoms with Gasteiger partial charge < -0.3 is 23.7 Å². The maximum Gasteiger partial charge on any atom is 0.339 e. The van der Waals surface area contributed by atoms with Crippen LogP contribution in [0.15, 0.2) is 39.5 Å². The predicted molar refractivity (Wildman–Crippen MR) is 96.0 cm³/mol. The topological polar surface area (TPSA) is 112 Å². The average Bonchev–Trinajstić information content (AvgIpc) is 2.62. The van der Waals surface area contributed by atoms with Gasteiger partial charge in [0.1, 0.15) is 29.6 Å². The van der Waals surface area contributed by atoms with Crippen LogP contribution in [0.5, 0.6) is 5.75 Å². The van der Waals surface area contributed by atoms with Crippen molar-refractivity contribution in [1.29, 1.82) is 0 Å². The Balaban J connectivity index is 1.62. The summed E-state index contributed by atoms with van der Waals surface area (Å²) in [6.07, 6.45) is 0.136. The van der Waals surface area contributed by atoms with Crippen LogP contribution in [-0.4, -0.2) is 49.9 Å². The van der Waals surface area contributed by atoms with Gasteiger partial charge in [0.05, 0.1) is 31.3 Å². The number of ketones is 1. The van der Waals surface area contributed by atoms with Crippen molar-refractivity contribution < 1.29 is 33.3 Å². The van der Waals surface area contributed by atoms with Crippen molar-refractivity contribution in [1.82, 2.24) is 0 Å². The molecule has 0 radical (unpaired) electrons. The minimum atomic E-state index is -1.14. The summed E-state index contributed by atoms with van der Waals surface area (Å²) in [4.78, 5) is 33.5. The fourth-order valence-electron chi connectivity index (χ4n) is 2.44. The number of Topliss-reactive ketones (excluding diaryl/α,β-unsaturated/α-hetero) is 1. The highest BCUT2D eigenvalue weighted by molar-refractivity contribution is 5.96. The summed E-state index contributed by atoms with van der Waals surface area (Å²) in [5.74, 6) is -2.12. The van der Waals surface area contributed by atoms with E-state index in [2.05, 4.69) is 0 Å². The Morgan fingerprint density at radius 1 is 1.07 bits per heavy atom. The van der Waals surface area contributed by atoms with Gasteiger partial charge in [0.2, 0.25) is 0 Å². The number of hydrogen-bond donors (Lipinski definition) is 1. The third-order valence-corrected chi connectivity index (χ3v) is 3.81. The van der Waals surface area contributed by atoms with Gasteiger partial charge in [-0.2, -0.15) is 0 Å². The molecule has 2 rings (SSSR count). The molecule has 8 heteroatoms. The third-order valence-electron chi connectivity index (χ3n) is 3.81. The van der Waals surface area contributed by atoms with Crippen molar-refractivity contribution >= 4 is 22.7 Å². The number of fused-ring (bicyclic) bond motifs is 1. The molecule has 0 saturated carbocycles. The van der Waals surface area contributed by atoms with E-state index in [1.807, 2.05) is 6.07 Å². The molecule has 0 spiro atoms. The maximum atomic E-state index is 11.5. The highest BCUT2D eigenvalue weighted by Gasteiger charge is 2.21. The van der Waals surface area contributed by atoms with E-state index < -0.39 is 17.5 Å². The van der Waals surface area contributed by atoms with Crippen molar-refractivity contribution in [3.8, 4) is 5.75 Å². The lowest BCUT2D eigenvalue weighted by molar-refractivity contribution is -0.146. The lowest BCUT2D eigenvalue weighted by Crippen LogP contribution is -2.23. The Hall–Kier alpha value is -2.71. The van der Waals surface area contributed by atoms with Gasteiger partial charge in [0.15, 0.2) is 0 Å². The zero-order valence-corrected chi connectivity index (χ0v) is 15.0. The molecule has 0 saturated heterocycles. The maximum absolute atomic E-state index is 11.5. The summed E-state index contributed by atoms with van der Waals surface area (Å²) in [5, 5.41) is 9.59. The minimum absolute atomic E-state index is 0.136. The molecule has 0 amide bonds. The molecule has 2 aromatic rings. The Kier molecular flexibility index (Phi) is 7.97. The summed E-state index contributed by atoms with van der Waals surface area (Å²) in [6, 6.07) is 8.38. The summed E-state index contributed by atoms with van der Waals surface area (Å²) in [7, 11) is 0. The normalized spacial score (nSPS) is 12.0.